The van der Waals surface area contributed by atoms with Gasteiger partial charge in [-0.05, 0) is 59.1 Å². The van der Waals surface area contributed by atoms with E-state index in [1.807, 2.05) is 24.3 Å². The van der Waals surface area contributed by atoms with Gasteiger partial charge < -0.3 is 9.47 Å². The van der Waals surface area contributed by atoms with Crippen molar-refractivity contribution in [3.8, 4) is 11.5 Å². The van der Waals surface area contributed by atoms with Crippen LogP contribution in [-0.2, 0) is 12.8 Å². The lowest BCUT2D eigenvalue weighted by Gasteiger charge is -2.16. The van der Waals surface area contributed by atoms with Crippen molar-refractivity contribution in [1.82, 2.24) is 0 Å². The maximum absolute atomic E-state index is 12.4. The second-order valence-electron chi connectivity index (χ2n) is 7.21. The van der Waals surface area contributed by atoms with Crippen molar-refractivity contribution in [2.75, 3.05) is 0 Å². The number of rotatable bonds is 6. The minimum absolute atomic E-state index is 0.263. The van der Waals surface area contributed by atoms with Crippen LogP contribution >= 0.6 is 0 Å². The van der Waals surface area contributed by atoms with E-state index in [1.54, 1.807) is 0 Å². The lowest BCUT2D eigenvalue weighted by molar-refractivity contribution is 0.150. The quantitative estimate of drug-likeness (QED) is 0.431. The van der Waals surface area contributed by atoms with Crippen LogP contribution in [0, 0.1) is 0 Å². The molecular weight excluding hydrogens is 324 g/mol. The van der Waals surface area contributed by atoms with Crippen molar-refractivity contribution < 1.29 is 14.3 Å². The van der Waals surface area contributed by atoms with Crippen LogP contribution in [0.1, 0.15) is 75.6 Å². The van der Waals surface area contributed by atoms with Gasteiger partial charge in [0.2, 0.25) is 0 Å². The highest BCUT2D eigenvalue weighted by Crippen LogP contribution is 2.30. The first-order valence-corrected chi connectivity index (χ1v) is 9.50. The monoisotopic (exact) mass is 354 g/mol. The van der Waals surface area contributed by atoms with Crippen LogP contribution in [0.2, 0.25) is 0 Å². The second-order valence-corrected chi connectivity index (χ2v) is 7.21. The molecule has 0 unspecified atom stereocenters. The van der Waals surface area contributed by atoms with Crippen molar-refractivity contribution in [2.45, 2.75) is 66.2 Å². The Morgan fingerprint density at radius 1 is 0.769 bits per heavy atom. The van der Waals surface area contributed by atoms with E-state index in [0.717, 1.165) is 24.0 Å². The summed E-state index contributed by atoms with van der Waals surface area (Å²) in [6.07, 6.45) is 1.21. The predicted molar refractivity (Wildman–Crippen MR) is 106 cm³/mol. The average Bonchev–Trinajstić information content (AvgIpc) is 2.61. The summed E-state index contributed by atoms with van der Waals surface area (Å²) in [6.45, 7) is 12.6. The minimum Gasteiger partial charge on any atom is -0.394 e. The van der Waals surface area contributed by atoms with Gasteiger partial charge in [0.25, 0.3) is 0 Å². The van der Waals surface area contributed by atoms with Gasteiger partial charge >= 0.3 is 6.16 Å². The second kappa shape index (κ2) is 8.88. The summed E-state index contributed by atoms with van der Waals surface area (Å²) >= 11 is 0. The zero-order valence-corrected chi connectivity index (χ0v) is 16.8. The minimum atomic E-state index is -0.692. The Balaban J connectivity index is 2.22. The zero-order chi connectivity index (χ0) is 19.3. The van der Waals surface area contributed by atoms with Crippen LogP contribution < -0.4 is 9.47 Å². The summed E-state index contributed by atoms with van der Waals surface area (Å²) < 4.78 is 11.1. The number of carbonyl (C=O) groups is 1. The normalized spacial score (nSPS) is 11.1. The molecule has 0 amide bonds. The molecule has 0 spiro atoms. The van der Waals surface area contributed by atoms with Crippen molar-refractivity contribution in [2.24, 2.45) is 0 Å². The fourth-order valence-corrected chi connectivity index (χ4v) is 2.92. The highest BCUT2D eigenvalue weighted by atomic mass is 16.7. The van der Waals surface area contributed by atoms with Crippen molar-refractivity contribution in [3.05, 3.63) is 58.7 Å². The summed E-state index contributed by atoms with van der Waals surface area (Å²) in [5, 5.41) is 0. The Labute approximate surface area is 157 Å². The molecule has 140 valence electrons. The van der Waals surface area contributed by atoms with E-state index in [2.05, 4.69) is 53.7 Å². The number of ether oxygens (including phenoxy) is 2. The Hall–Kier alpha value is -2.29. The van der Waals surface area contributed by atoms with Gasteiger partial charge in [0, 0.05) is 0 Å². The van der Waals surface area contributed by atoms with Crippen LogP contribution in [0.25, 0.3) is 0 Å². The summed E-state index contributed by atoms with van der Waals surface area (Å²) in [5.41, 5.74) is 4.50. The first-order chi connectivity index (χ1) is 12.3. The first kappa shape index (κ1) is 20.0. The van der Waals surface area contributed by atoms with Gasteiger partial charge in [0.1, 0.15) is 11.5 Å². The molecule has 0 saturated carbocycles. The lowest BCUT2D eigenvalue weighted by atomic mass is 9.98. The van der Waals surface area contributed by atoms with Crippen molar-refractivity contribution in [3.63, 3.8) is 0 Å². The summed E-state index contributed by atoms with van der Waals surface area (Å²) in [4.78, 5) is 12.4. The molecule has 3 nitrogen and oxygen atoms in total. The van der Waals surface area contributed by atoms with Crippen LogP contribution in [-0.4, -0.2) is 6.16 Å². The van der Waals surface area contributed by atoms with Crippen LogP contribution in [0.5, 0.6) is 11.5 Å². The van der Waals surface area contributed by atoms with Crippen molar-refractivity contribution >= 4 is 6.16 Å². The number of hydrogen-bond donors (Lipinski definition) is 0. The first-order valence-electron chi connectivity index (χ1n) is 9.50. The molecule has 2 aromatic rings. The molecule has 0 aromatic heterocycles. The van der Waals surface area contributed by atoms with Gasteiger partial charge in [0.05, 0.1) is 0 Å². The maximum atomic E-state index is 12.4. The molecule has 0 fully saturated rings. The Bertz CT molecular complexity index is 697. The molecule has 0 aliphatic carbocycles. The lowest BCUT2D eigenvalue weighted by Crippen LogP contribution is -2.16. The summed E-state index contributed by atoms with van der Waals surface area (Å²) in [5.74, 6) is 1.66. The SMILES string of the molecule is CCc1ccc(OC(=O)Oc2ccc(CC)cc2C(C)C)c(C(C)C)c1. The zero-order valence-electron chi connectivity index (χ0n) is 16.8. The third-order valence-electron chi connectivity index (χ3n) is 4.60. The molecule has 0 saturated heterocycles. The Morgan fingerprint density at radius 2 is 1.15 bits per heavy atom. The van der Waals surface area contributed by atoms with E-state index in [9.17, 15) is 4.79 Å². The predicted octanol–water partition coefficient (Wildman–Crippen LogP) is 6.64. The molecule has 0 bridgehead atoms. The number of aryl methyl sites for hydroxylation is 2. The number of hydrogen-bond acceptors (Lipinski definition) is 3. The third kappa shape index (κ3) is 4.87. The van der Waals surface area contributed by atoms with Crippen LogP contribution in [0.4, 0.5) is 4.79 Å². The van der Waals surface area contributed by atoms with Crippen LogP contribution in [0.15, 0.2) is 36.4 Å². The number of carbonyl (C=O) groups excluding carboxylic acids is 1. The highest BCUT2D eigenvalue weighted by molar-refractivity contribution is 5.68. The average molecular weight is 354 g/mol. The van der Waals surface area contributed by atoms with Crippen molar-refractivity contribution in [1.29, 1.82) is 0 Å². The third-order valence-corrected chi connectivity index (χ3v) is 4.60. The molecule has 2 aromatic carbocycles. The molecule has 0 atom stereocenters. The summed E-state index contributed by atoms with van der Waals surface area (Å²) in [7, 11) is 0. The molecule has 0 aliphatic rings. The van der Waals surface area contributed by atoms with E-state index in [1.165, 1.54) is 11.1 Å². The molecule has 0 radical (unpaired) electrons. The summed E-state index contributed by atoms with van der Waals surface area (Å²) in [6, 6.07) is 11.9. The van der Waals surface area contributed by atoms with Gasteiger partial charge in [-0.25, -0.2) is 4.79 Å². The van der Waals surface area contributed by atoms with Gasteiger partial charge in [-0.15, -0.1) is 0 Å². The largest absolute Gasteiger partial charge is 0.519 e. The fraction of sp³-hybridized carbons (Fsp3) is 0.435. The van der Waals surface area contributed by atoms with E-state index in [0.29, 0.717) is 11.5 Å². The molecule has 0 heterocycles. The van der Waals surface area contributed by atoms with E-state index in [4.69, 9.17) is 9.47 Å². The van der Waals surface area contributed by atoms with E-state index in [-0.39, 0.29) is 11.8 Å². The smallest absolute Gasteiger partial charge is 0.394 e. The molecular formula is C23H30O3. The molecule has 26 heavy (non-hydrogen) atoms. The Kier molecular flexibility index (Phi) is 6.84. The van der Waals surface area contributed by atoms with Crippen LogP contribution in [0.3, 0.4) is 0 Å². The molecule has 2 rings (SSSR count). The molecule has 0 aliphatic heterocycles. The Morgan fingerprint density at radius 3 is 1.46 bits per heavy atom. The topological polar surface area (TPSA) is 35.5 Å². The molecule has 3 heteroatoms. The van der Waals surface area contributed by atoms with E-state index >= 15 is 0 Å². The van der Waals surface area contributed by atoms with Gasteiger partial charge in [-0.3, -0.25) is 0 Å². The standard InChI is InChI=1S/C23H30O3/c1-7-17-9-11-21(19(13-17)15(3)4)25-23(24)26-22-12-10-18(8-2)14-20(22)16(5)6/h9-16H,7-8H2,1-6H3. The van der Waals surface area contributed by atoms with Gasteiger partial charge in [-0.2, -0.15) is 0 Å². The van der Waals surface area contributed by atoms with Gasteiger partial charge in [-0.1, -0.05) is 65.8 Å². The van der Waals surface area contributed by atoms with Gasteiger partial charge in [0.15, 0.2) is 0 Å². The number of benzene rings is 2. The maximum Gasteiger partial charge on any atom is 0.519 e. The van der Waals surface area contributed by atoms with E-state index < -0.39 is 6.16 Å². The fourth-order valence-electron chi connectivity index (χ4n) is 2.92. The highest BCUT2D eigenvalue weighted by Gasteiger charge is 2.17. The molecule has 0 N–H and O–H groups in total.